The first-order valence-corrected chi connectivity index (χ1v) is 11.5. The van der Waals surface area contributed by atoms with E-state index >= 15 is 0 Å². The predicted octanol–water partition coefficient (Wildman–Crippen LogP) is 4.74. The van der Waals surface area contributed by atoms with Gasteiger partial charge in [0.1, 0.15) is 18.4 Å². The summed E-state index contributed by atoms with van der Waals surface area (Å²) in [6.07, 6.45) is 0.400. The summed E-state index contributed by atoms with van der Waals surface area (Å²) in [5, 5.41) is 6.25. The number of hydrogen-bond acceptors (Lipinski definition) is 6. The summed E-state index contributed by atoms with van der Waals surface area (Å²) in [5.74, 6) is 0.257. The molecule has 0 aliphatic heterocycles. The molecule has 2 N–H and O–H groups in total. The summed E-state index contributed by atoms with van der Waals surface area (Å²) in [7, 11) is 3.23. The number of anilines is 1. The summed E-state index contributed by atoms with van der Waals surface area (Å²) >= 11 is 0. The number of para-hydroxylation sites is 1. The number of carbonyl (C=O) groups excluding carboxylic acids is 2. The molecule has 1 unspecified atom stereocenters. The fourth-order valence-electron chi connectivity index (χ4n) is 3.30. The van der Waals surface area contributed by atoms with Crippen LogP contribution >= 0.6 is 0 Å². The quantitative estimate of drug-likeness (QED) is 0.244. The standard InChI is InChI=1S/C26H28N2O4.C2H6/c1-27-16-17-32-21-14-12-19(13-15-21)18-24(26(30)31-2)28-23-11-7-6-10-22(23)25(29)20-8-4-3-5-9-20;1-2/h3-15,24,27-28H,16-18H2,1-2H3;1-2H3. The van der Waals surface area contributed by atoms with Crippen LogP contribution in [0.2, 0.25) is 0 Å². The number of hydrogen-bond donors (Lipinski definition) is 2. The molecule has 6 nitrogen and oxygen atoms in total. The van der Waals surface area contributed by atoms with Crippen LogP contribution in [0.25, 0.3) is 0 Å². The third-order valence-corrected chi connectivity index (χ3v) is 5.01. The fourth-order valence-corrected chi connectivity index (χ4v) is 3.30. The molecule has 0 aliphatic rings. The van der Waals surface area contributed by atoms with Crippen LogP contribution in [-0.4, -0.2) is 45.1 Å². The summed E-state index contributed by atoms with van der Waals surface area (Å²) in [6.45, 7) is 5.34. The Hall–Kier alpha value is -3.64. The van der Waals surface area contributed by atoms with E-state index in [1.807, 2.05) is 69.4 Å². The summed E-state index contributed by atoms with van der Waals surface area (Å²) in [6, 6.07) is 23.2. The molecule has 0 radical (unpaired) electrons. The number of ketones is 1. The van der Waals surface area contributed by atoms with Crippen molar-refractivity contribution in [3.8, 4) is 5.75 Å². The van der Waals surface area contributed by atoms with Crippen molar-refractivity contribution in [3.63, 3.8) is 0 Å². The molecular formula is C28H34N2O4. The highest BCUT2D eigenvalue weighted by Gasteiger charge is 2.22. The van der Waals surface area contributed by atoms with Gasteiger partial charge in [-0.25, -0.2) is 4.79 Å². The molecule has 0 saturated carbocycles. The number of nitrogens with one attached hydrogen (secondary N) is 2. The molecule has 0 amide bonds. The van der Waals surface area contributed by atoms with E-state index in [-0.39, 0.29) is 5.78 Å². The summed E-state index contributed by atoms with van der Waals surface area (Å²) in [4.78, 5) is 25.5. The molecule has 0 heterocycles. The van der Waals surface area contributed by atoms with Gasteiger partial charge in [0, 0.05) is 29.8 Å². The maximum absolute atomic E-state index is 13.0. The van der Waals surface area contributed by atoms with Crippen molar-refractivity contribution in [1.82, 2.24) is 5.32 Å². The first-order chi connectivity index (χ1) is 16.6. The molecule has 0 aromatic heterocycles. The second-order valence-electron chi connectivity index (χ2n) is 7.26. The SMILES string of the molecule is CC.CNCCOc1ccc(CC(Nc2ccccc2C(=O)c2ccccc2)C(=O)OC)cc1. The third-order valence-electron chi connectivity index (χ3n) is 5.01. The van der Waals surface area contributed by atoms with E-state index in [0.717, 1.165) is 17.9 Å². The third kappa shape index (κ3) is 7.74. The summed E-state index contributed by atoms with van der Waals surface area (Å²) < 4.78 is 10.7. The van der Waals surface area contributed by atoms with E-state index in [9.17, 15) is 9.59 Å². The first-order valence-electron chi connectivity index (χ1n) is 11.5. The van der Waals surface area contributed by atoms with E-state index in [1.165, 1.54) is 7.11 Å². The zero-order chi connectivity index (χ0) is 24.8. The van der Waals surface area contributed by atoms with Crippen molar-refractivity contribution in [1.29, 1.82) is 0 Å². The number of esters is 1. The van der Waals surface area contributed by atoms with Gasteiger partial charge in [-0.1, -0.05) is 68.4 Å². The molecule has 34 heavy (non-hydrogen) atoms. The van der Waals surface area contributed by atoms with Crippen LogP contribution in [0.15, 0.2) is 78.9 Å². The zero-order valence-electron chi connectivity index (χ0n) is 20.3. The van der Waals surface area contributed by atoms with Crippen LogP contribution in [-0.2, 0) is 16.0 Å². The number of rotatable bonds is 11. The van der Waals surface area contributed by atoms with Crippen molar-refractivity contribution < 1.29 is 19.1 Å². The fraction of sp³-hybridized carbons (Fsp3) is 0.286. The molecule has 180 valence electrons. The molecule has 0 bridgehead atoms. The molecule has 0 aliphatic carbocycles. The smallest absolute Gasteiger partial charge is 0.328 e. The van der Waals surface area contributed by atoms with E-state index in [4.69, 9.17) is 9.47 Å². The second kappa shape index (κ2) is 14.5. The van der Waals surface area contributed by atoms with Gasteiger partial charge in [0.25, 0.3) is 0 Å². The Morgan fingerprint density at radius 1 is 0.882 bits per heavy atom. The first kappa shape index (κ1) is 26.6. The molecule has 0 spiro atoms. The monoisotopic (exact) mass is 462 g/mol. The number of methoxy groups -OCH3 is 1. The molecule has 0 fully saturated rings. The van der Waals surface area contributed by atoms with Gasteiger partial charge in [-0.05, 0) is 36.9 Å². The lowest BCUT2D eigenvalue weighted by Gasteiger charge is -2.20. The van der Waals surface area contributed by atoms with Crippen molar-refractivity contribution in [2.75, 3.05) is 32.6 Å². The summed E-state index contributed by atoms with van der Waals surface area (Å²) in [5.41, 5.74) is 2.62. The van der Waals surface area contributed by atoms with Gasteiger partial charge in [0.15, 0.2) is 5.78 Å². The van der Waals surface area contributed by atoms with Gasteiger partial charge in [-0.15, -0.1) is 0 Å². The zero-order valence-corrected chi connectivity index (χ0v) is 20.3. The van der Waals surface area contributed by atoms with E-state index in [0.29, 0.717) is 29.8 Å². The van der Waals surface area contributed by atoms with Gasteiger partial charge >= 0.3 is 5.97 Å². The topological polar surface area (TPSA) is 76.7 Å². The minimum Gasteiger partial charge on any atom is -0.492 e. The maximum atomic E-state index is 13.0. The molecular weight excluding hydrogens is 428 g/mol. The van der Waals surface area contributed by atoms with E-state index < -0.39 is 12.0 Å². The molecule has 6 heteroatoms. The molecule has 3 aromatic rings. The highest BCUT2D eigenvalue weighted by atomic mass is 16.5. The van der Waals surface area contributed by atoms with Crippen molar-refractivity contribution >= 4 is 17.4 Å². The number of ether oxygens (including phenoxy) is 2. The van der Waals surface area contributed by atoms with E-state index in [2.05, 4.69) is 10.6 Å². The van der Waals surface area contributed by atoms with Crippen molar-refractivity contribution in [3.05, 3.63) is 95.6 Å². The van der Waals surface area contributed by atoms with Crippen molar-refractivity contribution in [2.45, 2.75) is 26.3 Å². The second-order valence-corrected chi connectivity index (χ2v) is 7.26. The molecule has 0 saturated heterocycles. The van der Waals surface area contributed by atoms with Gasteiger partial charge in [-0.2, -0.15) is 0 Å². The highest BCUT2D eigenvalue weighted by Crippen LogP contribution is 2.22. The number of carbonyl (C=O) groups is 2. The van der Waals surface area contributed by atoms with Crippen molar-refractivity contribution in [2.24, 2.45) is 0 Å². The number of benzene rings is 3. The Labute approximate surface area is 202 Å². The van der Waals surface area contributed by atoms with Gasteiger partial charge in [0.05, 0.1) is 7.11 Å². The minimum absolute atomic E-state index is 0.111. The maximum Gasteiger partial charge on any atom is 0.328 e. The Kier molecular flexibility index (Phi) is 11.3. The number of likely N-dealkylation sites (N-methyl/N-ethyl adjacent to an activating group) is 1. The van der Waals surface area contributed by atoms with Crippen LogP contribution in [0.1, 0.15) is 35.3 Å². The normalized spacial score (nSPS) is 10.9. The lowest BCUT2D eigenvalue weighted by molar-refractivity contribution is -0.141. The Bertz CT molecular complexity index is 1020. The van der Waals surface area contributed by atoms with Crippen LogP contribution in [0, 0.1) is 0 Å². The lowest BCUT2D eigenvalue weighted by Crippen LogP contribution is -2.33. The average molecular weight is 463 g/mol. The van der Waals surface area contributed by atoms with Gasteiger partial charge in [0.2, 0.25) is 0 Å². The van der Waals surface area contributed by atoms with Gasteiger partial charge in [-0.3, -0.25) is 4.79 Å². The Morgan fingerprint density at radius 3 is 2.18 bits per heavy atom. The minimum atomic E-state index is -0.652. The van der Waals surface area contributed by atoms with Crippen LogP contribution in [0.5, 0.6) is 5.75 Å². The van der Waals surface area contributed by atoms with Gasteiger partial charge < -0.3 is 20.1 Å². The van der Waals surface area contributed by atoms with Crippen LogP contribution in [0.3, 0.4) is 0 Å². The molecule has 3 rings (SSSR count). The largest absolute Gasteiger partial charge is 0.492 e. The van der Waals surface area contributed by atoms with Crippen LogP contribution in [0.4, 0.5) is 5.69 Å². The highest BCUT2D eigenvalue weighted by molar-refractivity contribution is 6.12. The lowest BCUT2D eigenvalue weighted by atomic mass is 10.00. The average Bonchev–Trinajstić information content (AvgIpc) is 2.90. The van der Waals surface area contributed by atoms with Crippen LogP contribution < -0.4 is 15.4 Å². The Morgan fingerprint density at radius 2 is 1.53 bits per heavy atom. The molecule has 1 atom stereocenters. The molecule has 3 aromatic carbocycles. The van der Waals surface area contributed by atoms with E-state index in [1.54, 1.807) is 30.3 Å². The predicted molar refractivity (Wildman–Crippen MR) is 137 cm³/mol. The Balaban J connectivity index is 0.00000199.